The van der Waals surface area contributed by atoms with E-state index in [1.807, 2.05) is 30.3 Å². The lowest BCUT2D eigenvalue weighted by atomic mass is 10.1. The second-order valence-corrected chi connectivity index (χ2v) is 5.36. The van der Waals surface area contributed by atoms with E-state index in [-0.39, 0.29) is 6.04 Å². The number of hydrogen-bond donors (Lipinski definition) is 2. The molecular weight excluding hydrogens is 306 g/mol. The number of hydrogen-bond acceptors (Lipinski definition) is 4. The maximum atomic E-state index is 12.4. The van der Waals surface area contributed by atoms with E-state index in [4.69, 9.17) is 5.73 Å². The summed E-state index contributed by atoms with van der Waals surface area (Å²) in [5, 5.41) is 2.61. The Hall–Kier alpha value is -3.15. The zero-order valence-electron chi connectivity index (χ0n) is 13.5. The molecule has 0 aliphatic heterocycles. The van der Waals surface area contributed by atoms with Gasteiger partial charge in [-0.05, 0) is 36.8 Å². The molecule has 0 aromatic heterocycles. The van der Waals surface area contributed by atoms with Crippen molar-refractivity contribution < 1.29 is 14.4 Å². The minimum absolute atomic E-state index is 0.296. The highest BCUT2D eigenvalue weighted by molar-refractivity contribution is 6.45. The van der Waals surface area contributed by atoms with Crippen molar-refractivity contribution in [1.82, 2.24) is 5.32 Å². The van der Waals surface area contributed by atoms with Crippen molar-refractivity contribution in [1.29, 1.82) is 0 Å². The third kappa shape index (κ3) is 3.98. The second-order valence-electron chi connectivity index (χ2n) is 5.36. The largest absolute Gasteiger partial charge is 0.399 e. The van der Waals surface area contributed by atoms with Gasteiger partial charge in [0.2, 0.25) is 5.91 Å². The Balaban J connectivity index is 2.16. The van der Waals surface area contributed by atoms with Gasteiger partial charge in [-0.15, -0.1) is 0 Å². The van der Waals surface area contributed by atoms with E-state index < -0.39 is 17.7 Å². The minimum atomic E-state index is -0.935. The molecule has 1 unspecified atom stereocenters. The summed E-state index contributed by atoms with van der Waals surface area (Å²) in [7, 11) is 0. The summed E-state index contributed by atoms with van der Waals surface area (Å²) in [5.41, 5.74) is 7.26. The smallest absolute Gasteiger partial charge is 0.323 e. The normalized spacial score (nSPS) is 11.4. The van der Waals surface area contributed by atoms with E-state index >= 15 is 0 Å². The molecular formula is C18H19N3O3. The van der Waals surface area contributed by atoms with Crippen LogP contribution in [-0.2, 0) is 14.4 Å². The van der Waals surface area contributed by atoms with Crippen LogP contribution in [0.3, 0.4) is 0 Å². The summed E-state index contributed by atoms with van der Waals surface area (Å²) >= 11 is 0. The predicted octanol–water partition coefficient (Wildman–Crippen LogP) is 2.03. The van der Waals surface area contributed by atoms with E-state index in [2.05, 4.69) is 5.32 Å². The Labute approximate surface area is 140 Å². The molecule has 124 valence electrons. The minimum Gasteiger partial charge on any atom is -0.399 e. The van der Waals surface area contributed by atoms with Gasteiger partial charge in [0.1, 0.15) is 0 Å². The van der Waals surface area contributed by atoms with Crippen molar-refractivity contribution in [3.05, 3.63) is 60.2 Å². The highest BCUT2D eigenvalue weighted by Gasteiger charge is 2.27. The maximum absolute atomic E-state index is 12.4. The van der Waals surface area contributed by atoms with Crippen LogP contribution in [0, 0.1) is 0 Å². The van der Waals surface area contributed by atoms with Gasteiger partial charge in [-0.3, -0.25) is 14.4 Å². The van der Waals surface area contributed by atoms with Crippen molar-refractivity contribution in [2.45, 2.75) is 19.9 Å². The maximum Gasteiger partial charge on any atom is 0.323 e. The molecule has 0 spiro atoms. The fourth-order valence-corrected chi connectivity index (χ4v) is 2.25. The topological polar surface area (TPSA) is 92.5 Å². The Morgan fingerprint density at radius 3 is 2.12 bits per heavy atom. The third-order valence-electron chi connectivity index (χ3n) is 3.51. The van der Waals surface area contributed by atoms with Crippen molar-refractivity contribution in [2.24, 2.45) is 0 Å². The number of carbonyl (C=O) groups excluding carboxylic acids is 3. The van der Waals surface area contributed by atoms with Crippen LogP contribution in [-0.4, -0.2) is 17.7 Å². The van der Waals surface area contributed by atoms with Crippen LogP contribution in [0.15, 0.2) is 54.6 Å². The third-order valence-corrected chi connectivity index (χ3v) is 3.51. The summed E-state index contributed by atoms with van der Waals surface area (Å²) in [4.78, 5) is 37.3. The number of nitrogens with two attached hydrogens (primary N) is 1. The summed E-state index contributed by atoms with van der Waals surface area (Å²) in [6, 6.07) is 15.0. The standard InChI is InChI=1S/C18H19N3O3/c1-12(14-6-4-3-5-7-14)20-17(23)18(24)21(13(2)22)16-10-8-15(19)9-11-16/h3-12H,19H2,1-2H3,(H,20,23). The van der Waals surface area contributed by atoms with Crippen LogP contribution >= 0.6 is 0 Å². The summed E-state index contributed by atoms with van der Waals surface area (Å²) < 4.78 is 0. The van der Waals surface area contributed by atoms with Gasteiger partial charge in [-0.2, -0.15) is 0 Å². The number of nitrogens with zero attached hydrogens (tertiary/aromatic N) is 1. The monoisotopic (exact) mass is 325 g/mol. The highest BCUT2D eigenvalue weighted by atomic mass is 16.2. The van der Waals surface area contributed by atoms with Crippen LogP contribution in [0.2, 0.25) is 0 Å². The number of nitrogens with one attached hydrogen (secondary N) is 1. The van der Waals surface area contributed by atoms with Crippen LogP contribution in [0.4, 0.5) is 11.4 Å². The van der Waals surface area contributed by atoms with Crippen LogP contribution in [0.25, 0.3) is 0 Å². The first-order valence-electron chi connectivity index (χ1n) is 7.46. The number of rotatable bonds is 3. The van der Waals surface area contributed by atoms with E-state index in [1.165, 1.54) is 19.1 Å². The summed E-state index contributed by atoms with van der Waals surface area (Å²) in [6.45, 7) is 2.99. The number of imide groups is 1. The van der Waals surface area contributed by atoms with E-state index in [0.29, 0.717) is 11.4 Å². The molecule has 0 saturated carbocycles. The highest BCUT2D eigenvalue weighted by Crippen LogP contribution is 2.17. The number of nitrogen functional groups attached to an aromatic ring is 1. The van der Waals surface area contributed by atoms with Crippen molar-refractivity contribution in [2.75, 3.05) is 10.6 Å². The molecule has 0 aliphatic carbocycles. The lowest BCUT2D eigenvalue weighted by Crippen LogP contribution is -2.46. The Morgan fingerprint density at radius 2 is 1.58 bits per heavy atom. The van der Waals surface area contributed by atoms with Gasteiger partial charge < -0.3 is 11.1 Å². The van der Waals surface area contributed by atoms with Crippen molar-refractivity contribution >= 4 is 29.1 Å². The van der Waals surface area contributed by atoms with Gasteiger partial charge in [0.05, 0.1) is 11.7 Å². The first-order chi connectivity index (χ1) is 11.4. The molecule has 6 heteroatoms. The molecule has 6 nitrogen and oxygen atoms in total. The summed E-state index contributed by atoms with van der Waals surface area (Å²) in [5.74, 6) is -2.33. The Bertz CT molecular complexity index is 742. The molecule has 24 heavy (non-hydrogen) atoms. The molecule has 2 aromatic rings. The van der Waals surface area contributed by atoms with Crippen LogP contribution in [0.1, 0.15) is 25.5 Å². The van der Waals surface area contributed by atoms with Crippen molar-refractivity contribution in [3.63, 3.8) is 0 Å². The average molecular weight is 325 g/mol. The van der Waals surface area contributed by atoms with E-state index in [1.54, 1.807) is 19.1 Å². The van der Waals surface area contributed by atoms with Gasteiger partial charge in [-0.1, -0.05) is 30.3 Å². The SMILES string of the molecule is CC(=O)N(C(=O)C(=O)NC(C)c1ccccc1)c1ccc(N)cc1. The molecule has 0 saturated heterocycles. The molecule has 2 rings (SSSR count). The fraction of sp³-hybridized carbons (Fsp3) is 0.167. The van der Waals surface area contributed by atoms with E-state index in [0.717, 1.165) is 10.5 Å². The van der Waals surface area contributed by atoms with Crippen molar-refractivity contribution in [3.8, 4) is 0 Å². The van der Waals surface area contributed by atoms with Gasteiger partial charge in [-0.25, -0.2) is 4.90 Å². The van der Waals surface area contributed by atoms with Crippen LogP contribution < -0.4 is 16.0 Å². The molecule has 3 amide bonds. The molecule has 0 heterocycles. The number of anilines is 2. The fourth-order valence-electron chi connectivity index (χ4n) is 2.25. The van der Waals surface area contributed by atoms with Gasteiger partial charge >= 0.3 is 11.8 Å². The van der Waals surface area contributed by atoms with E-state index in [9.17, 15) is 14.4 Å². The molecule has 0 bridgehead atoms. The Morgan fingerprint density at radius 1 is 1.00 bits per heavy atom. The second kappa shape index (κ2) is 7.41. The van der Waals surface area contributed by atoms with Gasteiger partial charge in [0, 0.05) is 12.6 Å². The van der Waals surface area contributed by atoms with Gasteiger partial charge in [0.15, 0.2) is 0 Å². The first-order valence-corrected chi connectivity index (χ1v) is 7.46. The van der Waals surface area contributed by atoms with Gasteiger partial charge in [0.25, 0.3) is 0 Å². The zero-order valence-corrected chi connectivity index (χ0v) is 13.5. The molecule has 0 radical (unpaired) electrons. The first kappa shape index (κ1) is 17.2. The molecule has 0 aliphatic rings. The van der Waals surface area contributed by atoms with Crippen LogP contribution in [0.5, 0.6) is 0 Å². The lowest BCUT2D eigenvalue weighted by Gasteiger charge is -2.20. The molecule has 0 fully saturated rings. The average Bonchev–Trinajstić information content (AvgIpc) is 2.57. The molecule has 2 aromatic carbocycles. The number of carbonyl (C=O) groups is 3. The predicted molar refractivity (Wildman–Crippen MR) is 92.0 cm³/mol. The molecule has 1 atom stereocenters. The quantitative estimate of drug-likeness (QED) is 0.667. The number of amides is 3. The Kier molecular flexibility index (Phi) is 5.31. The summed E-state index contributed by atoms with van der Waals surface area (Å²) in [6.07, 6.45) is 0. The zero-order chi connectivity index (χ0) is 17.7. The molecule has 3 N–H and O–H groups in total. The number of benzene rings is 2. The lowest BCUT2D eigenvalue weighted by molar-refractivity contribution is -0.139.